The van der Waals surface area contributed by atoms with Gasteiger partial charge in [0.15, 0.2) is 0 Å². The molecule has 35 heavy (non-hydrogen) atoms. The van der Waals surface area contributed by atoms with Gasteiger partial charge in [0.2, 0.25) is 0 Å². The molecule has 3 aromatic rings. The van der Waals surface area contributed by atoms with Gasteiger partial charge in [0.25, 0.3) is 10.0 Å². The van der Waals surface area contributed by atoms with Crippen molar-refractivity contribution in [2.75, 3.05) is 31.6 Å². The molecular weight excluding hydrogens is 467 g/mol. The van der Waals surface area contributed by atoms with Crippen LogP contribution in [0.3, 0.4) is 0 Å². The molecule has 0 N–H and O–H groups in total. The lowest BCUT2D eigenvalue weighted by Gasteiger charge is -2.39. The van der Waals surface area contributed by atoms with Crippen molar-refractivity contribution in [2.24, 2.45) is 0 Å². The second kappa shape index (κ2) is 10.7. The third-order valence-corrected chi connectivity index (χ3v) is 8.32. The van der Waals surface area contributed by atoms with Crippen LogP contribution in [-0.2, 0) is 16.6 Å². The number of piperidine rings is 1. The summed E-state index contributed by atoms with van der Waals surface area (Å²) >= 11 is 0. The number of benzene rings is 3. The summed E-state index contributed by atoms with van der Waals surface area (Å²) in [5, 5.41) is 0. The first kappa shape index (κ1) is 25.0. The molecule has 0 unspecified atom stereocenters. The van der Waals surface area contributed by atoms with Gasteiger partial charge in [-0.25, -0.2) is 12.8 Å². The van der Waals surface area contributed by atoms with Gasteiger partial charge in [0, 0.05) is 31.2 Å². The molecule has 186 valence electrons. The highest BCUT2D eigenvalue weighted by molar-refractivity contribution is 7.92. The SMILES string of the molecule is COc1ccc(OC)c(CN2CCC(N(c3ccc(F)cc3)S(=O)(=O)c3ccc(C)cc3)CC2)c1. The van der Waals surface area contributed by atoms with E-state index in [1.54, 1.807) is 38.5 Å². The van der Waals surface area contributed by atoms with Crippen molar-refractivity contribution in [3.8, 4) is 11.5 Å². The molecule has 1 fully saturated rings. The van der Waals surface area contributed by atoms with Gasteiger partial charge >= 0.3 is 0 Å². The molecule has 1 aliphatic rings. The van der Waals surface area contributed by atoms with Gasteiger partial charge in [-0.05, 0) is 74.4 Å². The smallest absolute Gasteiger partial charge is 0.264 e. The van der Waals surface area contributed by atoms with Crippen LogP contribution in [0.1, 0.15) is 24.0 Å². The van der Waals surface area contributed by atoms with E-state index in [1.165, 1.54) is 28.6 Å². The largest absolute Gasteiger partial charge is 0.497 e. The fourth-order valence-corrected chi connectivity index (χ4v) is 6.23. The predicted octanol–water partition coefficient (Wildman–Crippen LogP) is 5.01. The van der Waals surface area contributed by atoms with Gasteiger partial charge in [-0.2, -0.15) is 0 Å². The van der Waals surface area contributed by atoms with Gasteiger partial charge < -0.3 is 9.47 Å². The Bertz CT molecular complexity index is 1240. The summed E-state index contributed by atoms with van der Waals surface area (Å²) in [6, 6.07) is 18.0. The molecule has 8 heteroatoms. The topological polar surface area (TPSA) is 59.1 Å². The number of hydrogen-bond acceptors (Lipinski definition) is 5. The summed E-state index contributed by atoms with van der Waals surface area (Å²) in [6.07, 6.45) is 1.30. The first-order chi connectivity index (χ1) is 16.8. The number of likely N-dealkylation sites (tertiary alicyclic amines) is 1. The Balaban J connectivity index is 1.56. The van der Waals surface area contributed by atoms with E-state index in [-0.39, 0.29) is 10.9 Å². The zero-order chi connectivity index (χ0) is 25.0. The third kappa shape index (κ3) is 5.60. The number of halogens is 1. The number of anilines is 1. The molecule has 0 aliphatic carbocycles. The Morgan fingerprint density at radius 1 is 0.943 bits per heavy atom. The van der Waals surface area contributed by atoms with E-state index in [1.807, 2.05) is 25.1 Å². The minimum absolute atomic E-state index is 0.232. The number of hydrogen-bond donors (Lipinski definition) is 0. The molecule has 6 nitrogen and oxygen atoms in total. The van der Waals surface area contributed by atoms with Crippen molar-refractivity contribution in [3.63, 3.8) is 0 Å². The summed E-state index contributed by atoms with van der Waals surface area (Å²) in [5.74, 6) is 1.16. The lowest BCUT2D eigenvalue weighted by molar-refractivity contribution is 0.204. The molecular formula is C27H31FN2O4S. The van der Waals surface area contributed by atoms with Crippen LogP contribution in [0.15, 0.2) is 71.6 Å². The first-order valence-electron chi connectivity index (χ1n) is 11.6. The highest BCUT2D eigenvalue weighted by Gasteiger charge is 2.34. The van der Waals surface area contributed by atoms with Crippen molar-refractivity contribution in [2.45, 2.75) is 37.2 Å². The van der Waals surface area contributed by atoms with Crippen molar-refractivity contribution < 1.29 is 22.3 Å². The van der Waals surface area contributed by atoms with E-state index in [2.05, 4.69) is 4.90 Å². The number of methoxy groups -OCH3 is 2. The lowest BCUT2D eigenvalue weighted by Crippen LogP contribution is -2.47. The molecule has 1 heterocycles. The average Bonchev–Trinajstić information content (AvgIpc) is 2.86. The van der Waals surface area contributed by atoms with Crippen LogP contribution in [-0.4, -0.2) is 46.7 Å². The number of aryl methyl sites for hydroxylation is 1. The Hall–Kier alpha value is -3.10. The number of ether oxygens (including phenoxy) is 2. The average molecular weight is 499 g/mol. The van der Waals surface area contributed by atoms with Crippen LogP contribution in [0.5, 0.6) is 11.5 Å². The van der Waals surface area contributed by atoms with Crippen LogP contribution in [0.4, 0.5) is 10.1 Å². The van der Waals surface area contributed by atoms with Crippen molar-refractivity contribution in [1.29, 1.82) is 0 Å². The Kier molecular flexibility index (Phi) is 7.62. The highest BCUT2D eigenvalue weighted by Crippen LogP contribution is 2.32. The fraction of sp³-hybridized carbons (Fsp3) is 0.333. The maximum absolute atomic E-state index is 13.7. The number of nitrogens with zero attached hydrogens (tertiary/aromatic N) is 2. The molecule has 0 atom stereocenters. The molecule has 1 saturated heterocycles. The second-order valence-corrected chi connectivity index (χ2v) is 10.6. The van der Waals surface area contributed by atoms with Crippen LogP contribution < -0.4 is 13.8 Å². The van der Waals surface area contributed by atoms with E-state index in [0.29, 0.717) is 38.2 Å². The van der Waals surface area contributed by atoms with Crippen LogP contribution >= 0.6 is 0 Å². The normalized spacial score (nSPS) is 15.1. The monoisotopic (exact) mass is 498 g/mol. The van der Waals surface area contributed by atoms with Crippen molar-refractivity contribution in [1.82, 2.24) is 4.90 Å². The summed E-state index contributed by atoms with van der Waals surface area (Å²) < 4.78 is 53.5. The number of sulfonamides is 1. The van der Waals surface area contributed by atoms with E-state index < -0.39 is 15.8 Å². The quantitative estimate of drug-likeness (QED) is 0.437. The lowest BCUT2D eigenvalue weighted by atomic mass is 10.0. The van der Waals surface area contributed by atoms with Gasteiger partial charge in [-0.1, -0.05) is 17.7 Å². The van der Waals surface area contributed by atoms with E-state index in [4.69, 9.17) is 9.47 Å². The Morgan fingerprint density at radius 2 is 1.60 bits per heavy atom. The van der Waals surface area contributed by atoms with E-state index in [0.717, 1.165) is 22.6 Å². The van der Waals surface area contributed by atoms with Gasteiger partial charge in [0.05, 0.1) is 24.8 Å². The maximum Gasteiger partial charge on any atom is 0.264 e. The van der Waals surface area contributed by atoms with Gasteiger partial charge in [0.1, 0.15) is 17.3 Å². The van der Waals surface area contributed by atoms with Crippen LogP contribution in [0, 0.1) is 12.7 Å². The fourth-order valence-electron chi connectivity index (χ4n) is 4.52. The summed E-state index contributed by atoms with van der Waals surface area (Å²) in [5.41, 5.74) is 2.48. The zero-order valence-corrected chi connectivity index (χ0v) is 21.1. The Labute approximate surface area is 206 Å². The highest BCUT2D eigenvalue weighted by atomic mass is 32.2. The maximum atomic E-state index is 13.7. The minimum atomic E-state index is -3.82. The predicted molar refractivity (Wildman–Crippen MR) is 135 cm³/mol. The molecule has 0 radical (unpaired) electrons. The van der Waals surface area contributed by atoms with E-state index >= 15 is 0 Å². The standard InChI is InChI=1S/C27H31FN2O4S/c1-20-4-11-26(12-5-20)35(31,32)30(23-8-6-22(28)7-9-23)24-14-16-29(17-15-24)19-21-18-25(33-2)10-13-27(21)34-3/h4-13,18,24H,14-17,19H2,1-3H3. The molecule has 1 aliphatic heterocycles. The summed E-state index contributed by atoms with van der Waals surface area (Å²) in [7, 11) is -0.542. The molecule has 4 rings (SSSR count). The van der Waals surface area contributed by atoms with Gasteiger partial charge in [-0.15, -0.1) is 0 Å². The van der Waals surface area contributed by atoms with E-state index in [9.17, 15) is 12.8 Å². The Morgan fingerprint density at radius 3 is 2.20 bits per heavy atom. The van der Waals surface area contributed by atoms with Gasteiger partial charge in [-0.3, -0.25) is 9.21 Å². The molecule has 3 aromatic carbocycles. The zero-order valence-electron chi connectivity index (χ0n) is 20.3. The third-order valence-electron chi connectivity index (χ3n) is 6.43. The summed E-state index contributed by atoms with van der Waals surface area (Å²) in [6.45, 7) is 4.02. The minimum Gasteiger partial charge on any atom is -0.497 e. The molecule has 0 bridgehead atoms. The molecule has 0 amide bonds. The molecule has 0 spiro atoms. The van der Waals surface area contributed by atoms with Crippen LogP contribution in [0.2, 0.25) is 0 Å². The summed E-state index contributed by atoms with van der Waals surface area (Å²) in [4.78, 5) is 2.52. The van der Waals surface area contributed by atoms with Crippen molar-refractivity contribution >= 4 is 15.7 Å². The molecule has 0 saturated carbocycles. The second-order valence-electron chi connectivity index (χ2n) is 8.78. The van der Waals surface area contributed by atoms with Crippen molar-refractivity contribution in [3.05, 3.63) is 83.7 Å². The van der Waals surface area contributed by atoms with Crippen LogP contribution in [0.25, 0.3) is 0 Å². The number of rotatable bonds is 8. The first-order valence-corrected chi connectivity index (χ1v) is 13.1. The molecule has 0 aromatic heterocycles.